The summed E-state index contributed by atoms with van der Waals surface area (Å²) >= 11 is 0. The molecule has 2 aliphatic heterocycles. The van der Waals surface area contributed by atoms with E-state index < -0.39 is 11.6 Å². The number of nitrogens with one attached hydrogen (secondary N) is 1. The zero-order valence-electron chi connectivity index (χ0n) is 14.7. The SMILES string of the molecule is C[C@@H]1CN(C[C@H]2CCCN2C(=O)Nc2ccc(F)cc2F)C[C@@H](C)O1. The molecule has 2 amide bonds. The fraction of sp³-hybridized carbons (Fsp3) is 0.611. The van der Waals surface area contributed by atoms with Crippen LogP contribution in [0, 0.1) is 11.6 Å². The number of ether oxygens (including phenoxy) is 1. The smallest absolute Gasteiger partial charge is 0.322 e. The lowest BCUT2D eigenvalue weighted by Crippen LogP contribution is -2.51. The van der Waals surface area contributed by atoms with Crippen LogP contribution in [0.4, 0.5) is 19.3 Å². The highest BCUT2D eigenvalue weighted by Gasteiger charge is 2.32. The van der Waals surface area contributed by atoms with Gasteiger partial charge < -0.3 is 15.0 Å². The van der Waals surface area contributed by atoms with Gasteiger partial charge in [0.25, 0.3) is 0 Å². The van der Waals surface area contributed by atoms with Crippen LogP contribution in [0.25, 0.3) is 0 Å². The third-order valence-electron chi connectivity index (χ3n) is 4.77. The van der Waals surface area contributed by atoms with Crippen molar-refractivity contribution < 1.29 is 18.3 Å². The van der Waals surface area contributed by atoms with Crippen LogP contribution < -0.4 is 5.32 Å². The Balaban J connectivity index is 1.61. The van der Waals surface area contributed by atoms with E-state index in [9.17, 15) is 13.6 Å². The van der Waals surface area contributed by atoms with Gasteiger partial charge >= 0.3 is 6.03 Å². The van der Waals surface area contributed by atoms with E-state index in [0.29, 0.717) is 6.54 Å². The van der Waals surface area contributed by atoms with Gasteiger partial charge in [0.05, 0.1) is 17.9 Å². The van der Waals surface area contributed by atoms with Crippen molar-refractivity contribution in [3.8, 4) is 0 Å². The van der Waals surface area contributed by atoms with E-state index in [-0.39, 0.29) is 30.0 Å². The first-order valence-corrected chi connectivity index (χ1v) is 8.83. The van der Waals surface area contributed by atoms with E-state index in [1.165, 1.54) is 6.07 Å². The number of halogens is 2. The molecule has 0 bridgehead atoms. The molecule has 1 aromatic rings. The molecule has 2 saturated heterocycles. The predicted octanol–water partition coefficient (Wildman–Crippen LogP) is 3.07. The van der Waals surface area contributed by atoms with Crippen molar-refractivity contribution in [2.75, 3.05) is 31.5 Å². The molecule has 0 saturated carbocycles. The minimum absolute atomic E-state index is 0.00525. The maximum absolute atomic E-state index is 13.8. The molecule has 7 heteroatoms. The average molecular weight is 353 g/mol. The van der Waals surface area contributed by atoms with E-state index in [1.807, 2.05) is 0 Å². The summed E-state index contributed by atoms with van der Waals surface area (Å²) in [5.74, 6) is -1.43. The molecule has 3 atom stereocenters. The summed E-state index contributed by atoms with van der Waals surface area (Å²) in [5, 5.41) is 2.57. The Morgan fingerprint density at radius 1 is 1.28 bits per heavy atom. The van der Waals surface area contributed by atoms with Gasteiger partial charge in [-0.15, -0.1) is 0 Å². The molecule has 0 spiro atoms. The first-order chi connectivity index (χ1) is 11.9. The van der Waals surface area contributed by atoms with Crippen molar-refractivity contribution in [3.63, 3.8) is 0 Å². The first-order valence-electron chi connectivity index (χ1n) is 8.83. The largest absolute Gasteiger partial charge is 0.373 e. The molecule has 0 unspecified atom stereocenters. The third-order valence-corrected chi connectivity index (χ3v) is 4.77. The van der Waals surface area contributed by atoms with E-state index in [1.54, 1.807) is 4.90 Å². The highest BCUT2D eigenvalue weighted by Crippen LogP contribution is 2.23. The molecule has 3 rings (SSSR count). The Bertz CT molecular complexity index is 618. The fourth-order valence-corrected chi connectivity index (χ4v) is 3.80. The molecule has 1 aromatic carbocycles. The summed E-state index contributed by atoms with van der Waals surface area (Å²) in [6.45, 7) is 7.25. The van der Waals surface area contributed by atoms with Crippen LogP contribution in [-0.2, 0) is 4.74 Å². The normalized spacial score (nSPS) is 27.5. The van der Waals surface area contributed by atoms with E-state index >= 15 is 0 Å². The monoisotopic (exact) mass is 353 g/mol. The standard InChI is InChI=1S/C18H25F2N3O2/c1-12-9-22(10-13(2)25-12)11-15-4-3-7-23(15)18(24)21-17-6-5-14(19)8-16(17)20/h5-6,8,12-13,15H,3-4,7,9-11H2,1-2H3,(H,21,24)/t12-,13-,15-/m1/s1. The molecule has 25 heavy (non-hydrogen) atoms. The zero-order chi connectivity index (χ0) is 18.0. The topological polar surface area (TPSA) is 44.8 Å². The van der Waals surface area contributed by atoms with Crippen LogP contribution in [0.5, 0.6) is 0 Å². The van der Waals surface area contributed by atoms with Gasteiger partial charge in [0.15, 0.2) is 0 Å². The number of hydrogen-bond donors (Lipinski definition) is 1. The van der Waals surface area contributed by atoms with Crippen LogP contribution >= 0.6 is 0 Å². The number of urea groups is 1. The van der Waals surface area contributed by atoms with Crippen LogP contribution in [-0.4, -0.2) is 60.3 Å². The van der Waals surface area contributed by atoms with Gasteiger partial charge in [-0.2, -0.15) is 0 Å². The summed E-state index contributed by atoms with van der Waals surface area (Å²) in [6, 6.07) is 2.92. The van der Waals surface area contributed by atoms with Gasteiger partial charge in [-0.05, 0) is 38.8 Å². The van der Waals surface area contributed by atoms with Gasteiger partial charge in [-0.1, -0.05) is 0 Å². The zero-order valence-corrected chi connectivity index (χ0v) is 14.7. The molecule has 0 aromatic heterocycles. The highest BCUT2D eigenvalue weighted by molar-refractivity contribution is 5.89. The third kappa shape index (κ3) is 4.46. The fourth-order valence-electron chi connectivity index (χ4n) is 3.80. The molecule has 138 valence electrons. The number of likely N-dealkylation sites (tertiary alicyclic amines) is 1. The number of morpholine rings is 1. The van der Waals surface area contributed by atoms with Crippen molar-refractivity contribution in [1.82, 2.24) is 9.80 Å². The maximum Gasteiger partial charge on any atom is 0.322 e. The van der Waals surface area contributed by atoms with Gasteiger partial charge in [-0.25, -0.2) is 13.6 Å². The second kappa shape index (κ2) is 7.66. The minimum atomic E-state index is -0.764. The van der Waals surface area contributed by atoms with Crippen LogP contribution in [0.2, 0.25) is 0 Å². The second-order valence-corrected chi connectivity index (χ2v) is 7.02. The molecular weight excluding hydrogens is 328 g/mol. The minimum Gasteiger partial charge on any atom is -0.373 e. The van der Waals surface area contributed by atoms with Crippen molar-refractivity contribution >= 4 is 11.7 Å². The number of carbonyl (C=O) groups excluding carboxylic acids is 1. The van der Waals surface area contributed by atoms with Gasteiger partial charge in [0.1, 0.15) is 11.6 Å². The summed E-state index contributed by atoms with van der Waals surface area (Å²) in [6.07, 6.45) is 2.22. The summed E-state index contributed by atoms with van der Waals surface area (Å²) in [5.41, 5.74) is 0.00525. The van der Waals surface area contributed by atoms with Crippen molar-refractivity contribution in [3.05, 3.63) is 29.8 Å². The molecule has 1 N–H and O–H groups in total. The number of carbonyl (C=O) groups is 1. The lowest BCUT2D eigenvalue weighted by atomic mass is 10.1. The number of nitrogens with zero attached hydrogens (tertiary/aromatic N) is 2. The number of benzene rings is 1. The Morgan fingerprint density at radius 3 is 2.68 bits per heavy atom. The van der Waals surface area contributed by atoms with E-state index in [0.717, 1.165) is 44.6 Å². The van der Waals surface area contributed by atoms with Crippen LogP contribution in [0.15, 0.2) is 18.2 Å². The van der Waals surface area contributed by atoms with E-state index in [4.69, 9.17) is 4.74 Å². The van der Waals surface area contributed by atoms with Crippen LogP contribution in [0.3, 0.4) is 0 Å². The number of rotatable bonds is 3. The quantitative estimate of drug-likeness (QED) is 0.908. The predicted molar refractivity (Wildman–Crippen MR) is 91.6 cm³/mol. The van der Waals surface area contributed by atoms with Crippen molar-refractivity contribution in [2.24, 2.45) is 0 Å². The van der Waals surface area contributed by atoms with Crippen molar-refractivity contribution in [1.29, 1.82) is 0 Å². The number of amides is 2. The Morgan fingerprint density at radius 2 is 2.00 bits per heavy atom. The molecule has 0 aliphatic carbocycles. The van der Waals surface area contributed by atoms with E-state index in [2.05, 4.69) is 24.1 Å². The maximum atomic E-state index is 13.8. The lowest BCUT2D eigenvalue weighted by Gasteiger charge is -2.38. The summed E-state index contributed by atoms with van der Waals surface area (Å²) < 4.78 is 32.5. The second-order valence-electron chi connectivity index (χ2n) is 7.02. The Hall–Kier alpha value is -1.73. The molecule has 2 aliphatic rings. The Labute approximate surface area is 146 Å². The number of hydrogen-bond acceptors (Lipinski definition) is 3. The van der Waals surface area contributed by atoms with Crippen LogP contribution in [0.1, 0.15) is 26.7 Å². The van der Waals surface area contributed by atoms with Gasteiger partial charge in [0, 0.05) is 38.3 Å². The molecule has 5 nitrogen and oxygen atoms in total. The molecular formula is C18H25F2N3O2. The number of anilines is 1. The summed E-state index contributed by atoms with van der Waals surface area (Å²) in [4.78, 5) is 16.6. The molecule has 2 heterocycles. The molecule has 2 fully saturated rings. The van der Waals surface area contributed by atoms with Gasteiger partial charge in [0.2, 0.25) is 0 Å². The Kier molecular flexibility index (Phi) is 5.54. The van der Waals surface area contributed by atoms with Crippen molar-refractivity contribution in [2.45, 2.75) is 44.9 Å². The highest BCUT2D eigenvalue weighted by atomic mass is 19.1. The van der Waals surface area contributed by atoms with Gasteiger partial charge in [-0.3, -0.25) is 4.90 Å². The lowest BCUT2D eigenvalue weighted by molar-refractivity contribution is -0.0712. The average Bonchev–Trinajstić information content (AvgIpc) is 2.97. The molecule has 0 radical (unpaired) electrons. The summed E-state index contributed by atoms with van der Waals surface area (Å²) in [7, 11) is 0. The first kappa shape index (κ1) is 18.1.